The maximum absolute atomic E-state index is 14.1. The van der Waals surface area contributed by atoms with Gasteiger partial charge in [-0.05, 0) is 68.0 Å². The number of aromatic nitrogens is 2. The van der Waals surface area contributed by atoms with E-state index in [0.29, 0.717) is 33.5 Å². The summed E-state index contributed by atoms with van der Waals surface area (Å²) in [5, 5.41) is 7.77. The van der Waals surface area contributed by atoms with Crippen molar-refractivity contribution in [1.29, 1.82) is 0 Å². The summed E-state index contributed by atoms with van der Waals surface area (Å²) in [6.07, 6.45) is 0. The van der Waals surface area contributed by atoms with Gasteiger partial charge in [0, 0.05) is 11.3 Å². The third kappa shape index (κ3) is 4.08. The van der Waals surface area contributed by atoms with Gasteiger partial charge in [-0.15, -0.1) is 0 Å². The molecule has 0 fully saturated rings. The van der Waals surface area contributed by atoms with Crippen LogP contribution in [-0.4, -0.2) is 15.3 Å². The average molecular weight is 475 g/mol. The molecule has 1 aliphatic rings. The maximum atomic E-state index is 14.1. The first kappa shape index (κ1) is 21.9. The van der Waals surface area contributed by atoms with E-state index in [4.69, 9.17) is 16.7 Å². The number of hydrogen-bond acceptors (Lipinski definition) is 4. The zero-order valence-corrected chi connectivity index (χ0v) is 19.2. The standard InChI is InChI=1S/C26H20F2N4OS/c1-15-6-3-8-18(12-15)24-30-25(33-31-24)22-16(2)32(21-11-5-10-20(28)14-21)26(34)29-23(22)17-7-4-9-19(27)13-17/h3-14,23H,1-2H3,(H,29,34). The summed E-state index contributed by atoms with van der Waals surface area (Å²) in [6, 6.07) is 19.6. The van der Waals surface area contributed by atoms with Crippen molar-refractivity contribution >= 4 is 28.6 Å². The van der Waals surface area contributed by atoms with Crippen molar-refractivity contribution in [2.45, 2.75) is 19.9 Å². The molecular weight excluding hydrogens is 454 g/mol. The molecule has 170 valence electrons. The fourth-order valence-corrected chi connectivity index (χ4v) is 4.48. The lowest BCUT2D eigenvalue weighted by Crippen LogP contribution is -2.46. The quantitative estimate of drug-likeness (QED) is 0.356. The van der Waals surface area contributed by atoms with Crippen molar-refractivity contribution in [3.8, 4) is 11.4 Å². The molecule has 2 heterocycles. The maximum Gasteiger partial charge on any atom is 0.258 e. The second-order valence-corrected chi connectivity index (χ2v) is 8.43. The summed E-state index contributed by atoms with van der Waals surface area (Å²) in [5.41, 5.74) is 4.36. The normalized spacial score (nSPS) is 16.1. The van der Waals surface area contributed by atoms with Crippen LogP contribution in [0.1, 0.15) is 30.0 Å². The molecule has 0 saturated carbocycles. The molecule has 5 nitrogen and oxygen atoms in total. The van der Waals surface area contributed by atoms with Gasteiger partial charge in [0.1, 0.15) is 11.6 Å². The van der Waals surface area contributed by atoms with Crippen LogP contribution in [0.4, 0.5) is 14.5 Å². The summed E-state index contributed by atoms with van der Waals surface area (Å²) in [6.45, 7) is 3.83. The predicted octanol–water partition coefficient (Wildman–Crippen LogP) is 6.19. The number of thiocarbonyl (C=S) groups is 1. The van der Waals surface area contributed by atoms with Crippen molar-refractivity contribution in [2.75, 3.05) is 4.90 Å². The van der Waals surface area contributed by atoms with Gasteiger partial charge in [-0.2, -0.15) is 4.98 Å². The molecule has 4 aromatic rings. The Morgan fingerprint density at radius 3 is 2.41 bits per heavy atom. The van der Waals surface area contributed by atoms with Gasteiger partial charge < -0.3 is 9.84 Å². The number of halogens is 2. The van der Waals surface area contributed by atoms with E-state index in [0.717, 1.165) is 11.1 Å². The lowest BCUT2D eigenvalue weighted by molar-refractivity contribution is 0.404. The predicted molar refractivity (Wildman–Crippen MR) is 131 cm³/mol. The van der Waals surface area contributed by atoms with E-state index in [-0.39, 0.29) is 17.5 Å². The molecule has 34 heavy (non-hydrogen) atoms. The Kier molecular flexibility index (Phi) is 5.67. The highest BCUT2D eigenvalue weighted by Crippen LogP contribution is 2.39. The molecule has 0 aliphatic carbocycles. The minimum atomic E-state index is -0.543. The second kappa shape index (κ2) is 8.79. The molecule has 1 aromatic heterocycles. The van der Waals surface area contributed by atoms with Gasteiger partial charge in [0.15, 0.2) is 5.11 Å². The highest BCUT2D eigenvalue weighted by atomic mass is 32.1. The molecule has 1 unspecified atom stereocenters. The lowest BCUT2D eigenvalue weighted by Gasteiger charge is -2.37. The van der Waals surface area contributed by atoms with Crippen molar-refractivity contribution in [3.63, 3.8) is 0 Å². The molecule has 1 atom stereocenters. The smallest absolute Gasteiger partial charge is 0.258 e. The van der Waals surface area contributed by atoms with Crippen LogP contribution in [0.2, 0.25) is 0 Å². The fourth-order valence-electron chi connectivity index (χ4n) is 4.12. The Balaban J connectivity index is 1.67. The molecule has 1 N–H and O–H groups in total. The Morgan fingerprint density at radius 2 is 1.68 bits per heavy atom. The minimum Gasteiger partial charge on any atom is -0.351 e. The summed E-state index contributed by atoms with van der Waals surface area (Å²) in [4.78, 5) is 6.36. The van der Waals surface area contributed by atoms with E-state index in [2.05, 4.69) is 15.5 Å². The molecule has 0 amide bonds. The van der Waals surface area contributed by atoms with Crippen molar-refractivity contribution in [3.05, 3.63) is 107 Å². The number of anilines is 1. The van der Waals surface area contributed by atoms with Gasteiger partial charge in [0.25, 0.3) is 5.89 Å². The molecule has 3 aromatic carbocycles. The molecule has 0 saturated heterocycles. The average Bonchev–Trinajstić information content (AvgIpc) is 3.28. The van der Waals surface area contributed by atoms with E-state index in [1.54, 1.807) is 29.2 Å². The summed E-state index contributed by atoms with van der Waals surface area (Å²) < 4.78 is 33.8. The van der Waals surface area contributed by atoms with Crippen LogP contribution >= 0.6 is 12.2 Å². The van der Waals surface area contributed by atoms with E-state index in [9.17, 15) is 8.78 Å². The van der Waals surface area contributed by atoms with Crippen LogP contribution in [0.5, 0.6) is 0 Å². The Bertz CT molecular complexity index is 1430. The number of allylic oxidation sites excluding steroid dienone is 1. The zero-order chi connectivity index (χ0) is 23.8. The van der Waals surface area contributed by atoms with Crippen LogP contribution in [0, 0.1) is 18.6 Å². The molecule has 8 heteroatoms. The summed E-state index contributed by atoms with van der Waals surface area (Å²) in [5.74, 6) is -0.0655. The van der Waals surface area contributed by atoms with E-state index >= 15 is 0 Å². The van der Waals surface area contributed by atoms with Gasteiger partial charge in [-0.3, -0.25) is 4.90 Å². The first-order valence-corrected chi connectivity index (χ1v) is 11.0. The highest BCUT2D eigenvalue weighted by Gasteiger charge is 2.35. The van der Waals surface area contributed by atoms with E-state index in [1.165, 1.54) is 24.3 Å². The number of nitrogens with one attached hydrogen (secondary N) is 1. The SMILES string of the molecule is CC1=C(c2nc(-c3cccc(C)c3)no2)C(c2cccc(F)c2)NC(=S)N1c1cccc(F)c1. The number of nitrogens with zero attached hydrogens (tertiary/aromatic N) is 3. The minimum absolute atomic E-state index is 0.264. The van der Waals surface area contributed by atoms with Gasteiger partial charge in [0.2, 0.25) is 5.82 Å². The van der Waals surface area contributed by atoms with Gasteiger partial charge in [0.05, 0.1) is 17.3 Å². The van der Waals surface area contributed by atoms with Crippen molar-refractivity contribution in [2.24, 2.45) is 0 Å². The van der Waals surface area contributed by atoms with Gasteiger partial charge in [-0.1, -0.05) is 47.1 Å². The first-order valence-electron chi connectivity index (χ1n) is 10.6. The largest absolute Gasteiger partial charge is 0.351 e. The second-order valence-electron chi connectivity index (χ2n) is 8.04. The number of aryl methyl sites for hydroxylation is 1. The van der Waals surface area contributed by atoms with E-state index < -0.39 is 6.04 Å². The zero-order valence-electron chi connectivity index (χ0n) is 18.4. The molecule has 0 radical (unpaired) electrons. The summed E-state index contributed by atoms with van der Waals surface area (Å²) in [7, 11) is 0. The Labute approximate surface area is 200 Å². The topological polar surface area (TPSA) is 54.2 Å². The Morgan fingerprint density at radius 1 is 0.941 bits per heavy atom. The molecule has 1 aliphatic heterocycles. The van der Waals surface area contributed by atoms with Crippen molar-refractivity contribution in [1.82, 2.24) is 15.5 Å². The van der Waals surface area contributed by atoms with Crippen LogP contribution in [-0.2, 0) is 0 Å². The number of benzene rings is 3. The molecule has 0 bridgehead atoms. The molecular formula is C26H20F2N4OS. The number of rotatable bonds is 4. The highest BCUT2D eigenvalue weighted by molar-refractivity contribution is 7.80. The monoisotopic (exact) mass is 474 g/mol. The Hall–Kier alpha value is -3.91. The lowest BCUT2D eigenvalue weighted by atomic mass is 9.94. The van der Waals surface area contributed by atoms with E-state index in [1.807, 2.05) is 38.1 Å². The first-order chi connectivity index (χ1) is 16.4. The van der Waals surface area contributed by atoms with Crippen LogP contribution in [0.3, 0.4) is 0 Å². The van der Waals surface area contributed by atoms with Crippen molar-refractivity contribution < 1.29 is 13.3 Å². The summed E-state index contributed by atoms with van der Waals surface area (Å²) >= 11 is 5.64. The van der Waals surface area contributed by atoms with Crippen LogP contribution in [0.15, 0.2) is 83.0 Å². The molecule has 0 spiro atoms. The molecule has 5 rings (SSSR count). The van der Waals surface area contributed by atoms with Crippen LogP contribution in [0.25, 0.3) is 17.0 Å². The van der Waals surface area contributed by atoms with Crippen LogP contribution < -0.4 is 10.2 Å². The number of hydrogen-bond donors (Lipinski definition) is 1. The van der Waals surface area contributed by atoms with Gasteiger partial charge in [-0.25, -0.2) is 8.78 Å². The van der Waals surface area contributed by atoms with Gasteiger partial charge >= 0.3 is 0 Å². The third-order valence-corrected chi connectivity index (χ3v) is 5.97. The third-order valence-electron chi connectivity index (χ3n) is 5.67. The fraction of sp³-hybridized carbons (Fsp3) is 0.115.